The Morgan fingerprint density at radius 2 is 2.29 bits per heavy atom. The molecule has 0 aromatic rings. The van der Waals surface area contributed by atoms with Gasteiger partial charge in [0.05, 0.1) is 26.2 Å². The molecule has 1 saturated heterocycles. The first-order chi connectivity index (χ1) is 14.9. The molecule has 0 saturated carbocycles. The number of ether oxygens (including phenoxy) is 2. The number of hydrogen-bond donors (Lipinski definition) is 2. The van der Waals surface area contributed by atoms with Gasteiger partial charge in [0, 0.05) is 25.4 Å². The molecule has 170 valence electrons. The normalized spacial score (nSPS) is 23.7. The number of carbonyl (C=O) groups is 2. The molecular formula is C22H30FN3O5. The molecule has 0 radical (unpaired) electrons. The Morgan fingerprint density at radius 1 is 1.52 bits per heavy atom. The van der Waals surface area contributed by atoms with Gasteiger partial charge >= 0.3 is 0 Å². The molecule has 2 heterocycles. The van der Waals surface area contributed by atoms with Gasteiger partial charge in [0.2, 0.25) is 0 Å². The zero-order valence-electron chi connectivity index (χ0n) is 18.2. The third kappa shape index (κ3) is 7.06. The second-order valence-electron chi connectivity index (χ2n) is 7.28. The van der Waals surface area contributed by atoms with Crippen LogP contribution in [0.3, 0.4) is 0 Å². The lowest BCUT2D eigenvalue weighted by Gasteiger charge is -2.31. The smallest absolute Gasteiger partial charge is 0.263 e. The molecule has 2 aliphatic heterocycles. The van der Waals surface area contributed by atoms with Crippen molar-refractivity contribution in [3.8, 4) is 0 Å². The van der Waals surface area contributed by atoms with E-state index in [2.05, 4.69) is 10.3 Å². The quantitative estimate of drug-likeness (QED) is 0.346. The number of allylic oxidation sites excluding steroid dienone is 5. The minimum Gasteiger partial charge on any atom is -0.509 e. The summed E-state index contributed by atoms with van der Waals surface area (Å²) in [6.45, 7) is 4.53. The van der Waals surface area contributed by atoms with Gasteiger partial charge in [0.25, 0.3) is 11.8 Å². The number of nitrogens with one attached hydrogen (secondary N) is 1. The fraction of sp³-hybridized carbons (Fsp3) is 0.500. The predicted octanol–water partition coefficient (Wildman–Crippen LogP) is 2.21. The zero-order chi connectivity index (χ0) is 22.8. The highest BCUT2D eigenvalue weighted by molar-refractivity contribution is 6.19. The van der Waals surface area contributed by atoms with E-state index < -0.39 is 17.6 Å². The molecule has 0 spiro atoms. The molecule has 2 rings (SSSR count). The van der Waals surface area contributed by atoms with E-state index in [0.717, 1.165) is 5.57 Å². The number of halogens is 1. The predicted molar refractivity (Wildman–Crippen MR) is 115 cm³/mol. The Hall–Kier alpha value is -2.94. The maximum atomic E-state index is 13.4. The number of aliphatic hydroxyl groups is 1. The molecule has 2 N–H and O–H groups in total. The van der Waals surface area contributed by atoms with Crippen molar-refractivity contribution in [1.82, 2.24) is 10.2 Å². The topological polar surface area (TPSA) is 100 Å². The third-order valence-corrected chi connectivity index (χ3v) is 4.83. The summed E-state index contributed by atoms with van der Waals surface area (Å²) in [7, 11) is 1.50. The van der Waals surface area contributed by atoms with E-state index in [1.54, 1.807) is 19.2 Å². The van der Waals surface area contributed by atoms with Crippen LogP contribution in [0.5, 0.6) is 0 Å². The van der Waals surface area contributed by atoms with Crippen LogP contribution in [0.1, 0.15) is 20.3 Å². The molecule has 0 aromatic carbocycles. The van der Waals surface area contributed by atoms with Gasteiger partial charge in [-0.2, -0.15) is 0 Å². The minimum absolute atomic E-state index is 0.0106. The lowest BCUT2D eigenvalue weighted by Crippen LogP contribution is -2.45. The van der Waals surface area contributed by atoms with Crippen molar-refractivity contribution in [2.75, 3.05) is 46.5 Å². The second-order valence-corrected chi connectivity index (χ2v) is 7.28. The number of methoxy groups -OCH3 is 1. The number of rotatable bonds is 8. The molecule has 2 aliphatic rings. The molecule has 1 unspecified atom stereocenters. The molecule has 8 nitrogen and oxygen atoms in total. The van der Waals surface area contributed by atoms with E-state index in [-0.39, 0.29) is 56.7 Å². The monoisotopic (exact) mass is 435 g/mol. The van der Waals surface area contributed by atoms with Crippen LogP contribution in [0.4, 0.5) is 4.39 Å². The highest BCUT2D eigenvalue weighted by atomic mass is 19.1. The van der Waals surface area contributed by atoms with Crippen molar-refractivity contribution in [2.45, 2.75) is 20.3 Å². The van der Waals surface area contributed by atoms with Crippen molar-refractivity contribution >= 4 is 18.0 Å². The van der Waals surface area contributed by atoms with E-state index in [0.29, 0.717) is 12.2 Å². The number of morpholine rings is 1. The van der Waals surface area contributed by atoms with Gasteiger partial charge in [-0.25, -0.2) is 4.39 Å². The van der Waals surface area contributed by atoms with Crippen LogP contribution >= 0.6 is 0 Å². The second kappa shape index (κ2) is 12.0. The number of amides is 2. The van der Waals surface area contributed by atoms with Gasteiger partial charge in [-0.05, 0) is 25.3 Å². The van der Waals surface area contributed by atoms with E-state index >= 15 is 0 Å². The Labute approximate surface area is 181 Å². The summed E-state index contributed by atoms with van der Waals surface area (Å²) in [6.07, 6.45) is 6.64. The maximum absolute atomic E-state index is 13.4. The van der Waals surface area contributed by atoms with E-state index in [1.165, 1.54) is 24.2 Å². The SMILES string of the molecule is C/C=C(F)\C=C/C(C)C/C1=C2/CN(CCO2)C(=O)/C(C(=O)NCCOC)=C(/O)CN=C1. The largest absolute Gasteiger partial charge is 0.509 e. The summed E-state index contributed by atoms with van der Waals surface area (Å²) < 4.78 is 24.0. The summed E-state index contributed by atoms with van der Waals surface area (Å²) >= 11 is 0. The van der Waals surface area contributed by atoms with E-state index in [9.17, 15) is 19.1 Å². The van der Waals surface area contributed by atoms with Gasteiger partial charge in [0.1, 0.15) is 29.5 Å². The van der Waals surface area contributed by atoms with Crippen molar-refractivity contribution in [1.29, 1.82) is 0 Å². The molecule has 0 aliphatic carbocycles. The van der Waals surface area contributed by atoms with E-state index in [4.69, 9.17) is 9.47 Å². The van der Waals surface area contributed by atoms with Crippen LogP contribution < -0.4 is 5.32 Å². The van der Waals surface area contributed by atoms with Crippen molar-refractivity contribution in [3.05, 3.63) is 46.7 Å². The van der Waals surface area contributed by atoms with E-state index in [1.807, 2.05) is 6.92 Å². The Bertz CT molecular complexity index is 829. The summed E-state index contributed by atoms with van der Waals surface area (Å²) in [5, 5.41) is 13.0. The van der Waals surface area contributed by atoms with Crippen LogP contribution in [0, 0.1) is 5.92 Å². The van der Waals surface area contributed by atoms with Crippen LogP contribution in [0.15, 0.2) is 51.7 Å². The minimum atomic E-state index is -0.669. The molecule has 1 fully saturated rings. The Balaban J connectivity index is 2.28. The number of fused-ring (bicyclic) bond motifs is 2. The summed E-state index contributed by atoms with van der Waals surface area (Å²) in [5.74, 6) is -1.39. The number of hydrogen-bond acceptors (Lipinski definition) is 6. The number of carbonyl (C=O) groups excluding carboxylic acids is 2. The van der Waals surface area contributed by atoms with Crippen molar-refractivity contribution in [2.24, 2.45) is 10.9 Å². The van der Waals surface area contributed by atoms with Crippen LogP contribution in [-0.4, -0.2) is 74.5 Å². The molecule has 2 bridgehead atoms. The molecule has 31 heavy (non-hydrogen) atoms. The fourth-order valence-corrected chi connectivity index (χ4v) is 3.14. The highest BCUT2D eigenvalue weighted by Crippen LogP contribution is 2.23. The first-order valence-corrected chi connectivity index (χ1v) is 10.2. The lowest BCUT2D eigenvalue weighted by molar-refractivity contribution is -0.132. The van der Waals surface area contributed by atoms with Crippen LogP contribution in [0.2, 0.25) is 0 Å². The van der Waals surface area contributed by atoms with Gasteiger partial charge < -0.3 is 24.8 Å². The first kappa shape index (κ1) is 24.3. The molecule has 2 amide bonds. The highest BCUT2D eigenvalue weighted by Gasteiger charge is 2.31. The van der Waals surface area contributed by atoms with Gasteiger partial charge in [-0.3, -0.25) is 14.6 Å². The van der Waals surface area contributed by atoms with Gasteiger partial charge in [-0.1, -0.05) is 19.1 Å². The fourth-order valence-electron chi connectivity index (χ4n) is 3.14. The summed E-state index contributed by atoms with van der Waals surface area (Å²) in [4.78, 5) is 31.2. The molecule has 0 aromatic heterocycles. The van der Waals surface area contributed by atoms with Crippen LogP contribution in [0.25, 0.3) is 0 Å². The standard InChI is InChI=1S/C22H30FN3O5/c1-4-17(23)6-5-15(2)11-16-12-24-13-18(27)20(21(28)25-7-9-30-3)22(29)26-8-10-31-19(16)14-26/h4-6,12,15,27H,7-11,13-14H2,1-3H3,(H,25,28)/b6-5-,17-4+,19-16+,20-18+,24-12?. The molecular weight excluding hydrogens is 405 g/mol. The Kier molecular flexibility index (Phi) is 9.45. The zero-order valence-corrected chi connectivity index (χ0v) is 18.2. The number of aliphatic imine (C=N–C) groups is 1. The van der Waals surface area contributed by atoms with Crippen molar-refractivity contribution < 1.29 is 28.6 Å². The van der Waals surface area contributed by atoms with Crippen LogP contribution in [-0.2, 0) is 19.1 Å². The molecule has 1 atom stereocenters. The average Bonchev–Trinajstić information content (AvgIpc) is 2.76. The first-order valence-electron chi connectivity index (χ1n) is 10.2. The van der Waals surface area contributed by atoms with Gasteiger partial charge in [0.15, 0.2) is 0 Å². The number of aliphatic hydroxyl groups excluding tert-OH is 1. The number of nitrogens with zero attached hydrogens (tertiary/aromatic N) is 2. The summed E-state index contributed by atoms with van der Waals surface area (Å²) in [6, 6.07) is 0. The lowest BCUT2D eigenvalue weighted by atomic mass is 9.99. The molecule has 9 heteroatoms. The van der Waals surface area contributed by atoms with Crippen molar-refractivity contribution in [3.63, 3.8) is 0 Å². The third-order valence-electron chi connectivity index (χ3n) is 4.83. The van der Waals surface area contributed by atoms with Gasteiger partial charge in [-0.15, -0.1) is 0 Å². The average molecular weight is 435 g/mol. The maximum Gasteiger partial charge on any atom is 0.263 e. The summed E-state index contributed by atoms with van der Waals surface area (Å²) in [5.41, 5.74) is 0.437. The Morgan fingerprint density at radius 3 is 3.00 bits per heavy atom.